The lowest BCUT2D eigenvalue weighted by Gasteiger charge is -2.19. The predicted octanol–water partition coefficient (Wildman–Crippen LogP) is 2.94. The molecule has 2 aromatic rings. The van der Waals surface area contributed by atoms with Crippen LogP contribution in [0.1, 0.15) is 19.1 Å². The molecule has 7 heteroatoms. The second-order valence-corrected chi connectivity index (χ2v) is 4.94. The van der Waals surface area contributed by atoms with E-state index in [9.17, 15) is 18.4 Å². The molecule has 0 fully saturated rings. The van der Waals surface area contributed by atoms with E-state index in [1.165, 1.54) is 18.1 Å². The largest absolute Gasteiger partial charge is 0.467 e. The molecule has 0 aliphatic rings. The van der Waals surface area contributed by atoms with E-state index in [1.807, 2.05) is 0 Å². The molecular formula is C16H16F2N2O3. The molecule has 2 rings (SSSR count). The van der Waals surface area contributed by atoms with Crippen LogP contribution < -0.4 is 5.32 Å². The van der Waals surface area contributed by atoms with Crippen molar-refractivity contribution in [2.24, 2.45) is 0 Å². The molecule has 0 radical (unpaired) electrons. The first-order chi connectivity index (χ1) is 11.0. The summed E-state index contributed by atoms with van der Waals surface area (Å²) in [5, 5.41) is 2.35. The van der Waals surface area contributed by atoms with Crippen molar-refractivity contribution < 1.29 is 22.8 Å². The van der Waals surface area contributed by atoms with Crippen molar-refractivity contribution in [1.82, 2.24) is 4.90 Å². The molecule has 2 amide bonds. The van der Waals surface area contributed by atoms with Crippen LogP contribution in [0.3, 0.4) is 0 Å². The molecule has 1 heterocycles. The fourth-order valence-corrected chi connectivity index (χ4v) is 1.98. The van der Waals surface area contributed by atoms with Gasteiger partial charge in [-0.3, -0.25) is 9.59 Å². The van der Waals surface area contributed by atoms with Crippen molar-refractivity contribution in [3.8, 4) is 0 Å². The van der Waals surface area contributed by atoms with Crippen LogP contribution in [-0.4, -0.2) is 23.3 Å². The molecule has 23 heavy (non-hydrogen) atoms. The van der Waals surface area contributed by atoms with E-state index in [0.29, 0.717) is 11.8 Å². The standard InChI is InChI=1S/C16H16F2N2O3/c1-11(21)20(10-13-3-2-8-23-13)7-6-16(22)19-15-5-4-12(17)9-14(15)18/h2-5,8-9H,6-7,10H2,1H3,(H,19,22). The molecule has 0 aliphatic carbocycles. The fraction of sp³-hybridized carbons (Fsp3) is 0.250. The maximum absolute atomic E-state index is 13.5. The summed E-state index contributed by atoms with van der Waals surface area (Å²) in [4.78, 5) is 24.9. The molecular weight excluding hydrogens is 306 g/mol. The Balaban J connectivity index is 1.89. The molecule has 1 aromatic heterocycles. The Kier molecular flexibility index (Phi) is 5.46. The number of nitrogens with zero attached hydrogens (tertiary/aromatic N) is 1. The molecule has 0 aliphatic heterocycles. The maximum Gasteiger partial charge on any atom is 0.226 e. The summed E-state index contributed by atoms with van der Waals surface area (Å²) < 4.78 is 31.4. The number of halogens is 2. The molecule has 0 unspecified atom stereocenters. The van der Waals surface area contributed by atoms with Gasteiger partial charge in [-0.25, -0.2) is 8.78 Å². The zero-order valence-electron chi connectivity index (χ0n) is 12.5. The monoisotopic (exact) mass is 322 g/mol. The number of benzene rings is 1. The Morgan fingerprint density at radius 3 is 2.65 bits per heavy atom. The summed E-state index contributed by atoms with van der Waals surface area (Å²) in [5.74, 6) is -1.65. The minimum absolute atomic E-state index is 0.0168. The number of anilines is 1. The number of furan rings is 1. The maximum atomic E-state index is 13.5. The van der Waals surface area contributed by atoms with Gasteiger partial charge in [0, 0.05) is 26.0 Å². The van der Waals surface area contributed by atoms with E-state index in [1.54, 1.807) is 12.1 Å². The van der Waals surface area contributed by atoms with Crippen LogP contribution in [0, 0.1) is 11.6 Å². The average molecular weight is 322 g/mol. The number of nitrogens with one attached hydrogen (secondary N) is 1. The van der Waals surface area contributed by atoms with E-state index < -0.39 is 17.5 Å². The van der Waals surface area contributed by atoms with Gasteiger partial charge in [0.2, 0.25) is 11.8 Å². The first-order valence-electron chi connectivity index (χ1n) is 6.98. The van der Waals surface area contributed by atoms with Crippen molar-refractivity contribution in [2.45, 2.75) is 19.9 Å². The lowest BCUT2D eigenvalue weighted by atomic mass is 10.2. The van der Waals surface area contributed by atoms with Crippen LogP contribution in [-0.2, 0) is 16.1 Å². The molecule has 1 aromatic carbocycles. The number of carbonyl (C=O) groups excluding carboxylic acids is 2. The Labute approximate surface area is 131 Å². The third kappa shape index (κ3) is 4.91. The Morgan fingerprint density at radius 1 is 1.26 bits per heavy atom. The van der Waals surface area contributed by atoms with Crippen LogP contribution in [0.5, 0.6) is 0 Å². The van der Waals surface area contributed by atoms with Crippen molar-refractivity contribution >= 4 is 17.5 Å². The van der Waals surface area contributed by atoms with Crippen molar-refractivity contribution in [3.63, 3.8) is 0 Å². The zero-order chi connectivity index (χ0) is 16.8. The van der Waals surface area contributed by atoms with Crippen LogP contribution in [0.25, 0.3) is 0 Å². The molecule has 0 atom stereocenters. The Bertz CT molecular complexity index is 687. The van der Waals surface area contributed by atoms with Crippen molar-refractivity contribution in [2.75, 3.05) is 11.9 Å². The van der Waals surface area contributed by atoms with E-state index in [-0.39, 0.29) is 31.1 Å². The highest BCUT2D eigenvalue weighted by Gasteiger charge is 2.14. The first kappa shape index (κ1) is 16.7. The Hall–Kier alpha value is -2.70. The molecule has 0 spiro atoms. The number of rotatable bonds is 6. The minimum Gasteiger partial charge on any atom is -0.467 e. The normalized spacial score (nSPS) is 10.4. The van der Waals surface area contributed by atoms with Crippen LogP contribution >= 0.6 is 0 Å². The summed E-state index contributed by atoms with van der Waals surface area (Å²) in [5.41, 5.74) is -0.100. The predicted molar refractivity (Wildman–Crippen MR) is 79.4 cm³/mol. The molecule has 122 valence electrons. The molecule has 5 nitrogen and oxygen atoms in total. The van der Waals surface area contributed by atoms with Gasteiger partial charge in [-0.1, -0.05) is 0 Å². The summed E-state index contributed by atoms with van der Waals surface area (Å²) in [6.45, 7) is 1.80. The van der Waals surface area contributed by atoms with Gasteiger partial charge in [-0.15, -0.1) is 0 Å². The highest BCUT2D eigenvalue weighted by Crippen LogP contribution is 2.15. The zero-order valence-corrected chi connectivity index (χ0v) is 12.5. The number of amides is 2. The number of hydrogen-bond acceptors (Lipinski definition) is 3. The van der Waals surface area contributed by atoms with Gasteiger partial charge in [-0.05, 0) is 24.3 Å². The van der Waals surface area contributed by atoms with Crippen LogP contribution in [0.2, 0.25) is 0 Å². The SMILES string of the molecule is CC(=O)N(CCC(=O)Nc1ccc(F)cc1F)Cc1ccco1. The summed E-state index contributed by atoms with van der Waals surface area (Å²) in [6.07, 6.45) is 1.48. The molecule has 1 N–H and O–H groups in total. The van der Waals surface area contributed by atoms with E-state index in [0.717, 1.165) is 12.1 Å². The lowest BCUT2D eigenvalue weighted by Crippen LogP contribution is -2.31. The summed E-state index contributed by atoms with van der Waals surface area (Å²) >= 11 is 0. The fourth-order valence-electron chi connectivity index (χ4n) is 1.98. The van der Waals surface area contributed by atoms with Crippen molar-refractivity contribution in [1.29, 1.82) is 0 Å². The van der Waals surface area contributed by atoms with E-state index in [4.69, 9.17) is 4.42 Å². The average Bonchev–Trinajstić information content (AvgIpc) is 2.99. The quantitative estimate of drug-likeness (QED) is 0.889. The first-order valence-corrected chi connectivity index (χ1v) is 6.98. The lowest BCUT2D eigenvalue weighted by molar-refractivity contribution is -0.130. The van der Waals surface area contributed by atoms with Gasteiger partial charge >= 0.3 is 0 Å². The number of carbonyl (C=O) groups is 2. The van der Waals surface area contributed by atoms with Gasteiger partial charge in [0.05, 0.1) is 18.5 Å². The summed E-state index contributed by atoms with van der Waals surface area (Å²) in [7, 11) is 0. The van der Waals surface area contributed by atoms with E-state index >= 15 is 0 Å². The Morgan fingerprint density at radius 2 is 2.04 bits per heavy atom. The highest BCUT2D eigenvalue weighted by atomic mass is 19.1. The third-order valence-electron chi connectivity index (χ3n) is 3.19. The van der Waals surface area contributed by atoms with Gasteiger partial charge in [-0.2, -0.15) is 0 Å². The van der Waals surface area contributed by atoms with Crippen LogP contribution in [0.4, 0.5) is 14.5 Å². The molecule has 0 saturated heterocycles. The topological polar surface area (TPSA) is 62.6 Å². The third-order valence-corrected chi connectivity index (χ3v) is 3.19. The van der Waals surface area contributed by atoms with Crippen LogP contribution in [0.15, 0.2) is 41.0 Å². The minimum atomic E-state index is -0.850. The van der Waals surface area contributed by atoms with E-state index in [2.05, 4.69) is 5.32 Å². The second-order valence-electron chi connectivity index (χ2n) is 4.94. The van der Waals surface area contributed by atoms with Gasteiger partial charge in [0.1, 0.15) is 17.4 Å². The van der Waals surface area contributed by atoms with Crippen molar-refractivity contribution in [3.05, 3.63) is 54.0 Å². The second kappa shape index (κ2) is 7.53. The molecule has 0 saturated carbocycles. The number of hydrogen-bond donors (Lipinski definition) is 1. The van der Waals surface area contributed by atoms with Gasteiger partial charge in [0.25, 0.3) is 0 Å². The summed E-state index contributed by atoms with van der Waals surface area (Å²) in [6, 6.07) is 6.32. The van der Waals surface area contributed by atoms with Gasteiger partial charge in [0.15, 0.2) is 0 Å². The smallest absolute Gasteiger partial charge is 0.226 e. The highest BCUT2D eigenvalue weighted by molar-refractivity contribution is 5.91. The van der Waals surface area contributed by atoms with Gasteiger partial charge < -0.3 is 14.6 Å². The molecule has 0 bridgehead atoms.